The number of hydrogen-bond donors (Lipinski definition) is 1. The normalized spacial score (nSPS) is 11.1. The minimum Gasteiger partial charge on any atom is -0.441 e. The van der Waals surface area contributed by atoms with Gasteiger partial charge >= 0.3 is 0 Å². The lowest BCUT2D eigenvalue weighted by molar-refractivity contribution is 0.297. The fraction of sp³-hybridized carbons (Fsp3) is 0.188. The van der Waals surface area contributed by atoms with Crippen LogP contribution < -0.4 is 0 Å². The van der Waals surface area contributed by atoms with E-state index in [1.54, 1.807) is 0 Å². The molecule has 1 heterocycles. The third-order valence-corrected chi connectivity index (χ3v) is 3.26. The van der Waals surface area contributed by atoms with Crippen LogP contribution in [0.4, 0.5) is 0 Å². The van der Waals surface area contributed by atoms with E-state index in [0.717, 1.165) is 22.4 Å². The zero-order valence-corrected chi connectivity index (χ0v) is 10.8. The van der Waals surface area contributed by atoms with Crippen LogP contribution in [0.2, 0.25) is 0 Å². The van der Waals surface area contributed by atoms with Gasteiger partial charge in [-0.25, -0.2) is 4.98 Å². The van der Waals surface area contributed by atoms with Gasteiger partial charge in [-0.2, -0.15) is 0 Å². The number of fused-ring (bicyclic) bond motifs is 1. The van der Waals surface area contributed by atoms with E-state index in [9.17, 15) is 0 Å². The zero-order chi connectivity index (χ0) is 13.2. The summed E-state index contributed by atoms with van der Waals surface area (Å²) in [6.45, 7) is 1.97. The molecule has 3 aromatic rings. The van der Waals surface area contributed by atoms with Gasteiger partial charge in [0.05, 0.1) is 5.69 Å². The molecule has 96 valence electrons. The van der Waals surface area contributed by atoms with Crippen LogP contribution in [0.25, 0.3) is 22.2 Å². The molecule has 3 rings (SSSR count). The van der Waals surface area contributed by atoms with Crippen molar-refractivity contribution in [3.8, 4) is 11.5 Å². The number of aromatic nitrogens is 1. The van der Waals surface area contributed by atoms with Crippen LogP contribution in [0.15, 0.2) is 46.9 Å². The van der Waals surface area contributed by atoms with Gasteiger partial charge in [0.25, 0.3) is 0 Å². The topological polar surface area (TPSA) is 46.3 Å². The summed E-state index contributed by atoms with van der Waals surface area (Å²) >= 11 is 0. The molecule has 1 N–H and O–H groups in total. The Bertz CT molecular complexity index is 710. The number of hydrogen-bond acceptors (Lipinski definition) is 3. The molecule has 3 heteroatoms. The average molecular weight is 253 g/mol. The standard InChI is InChI=1S/C16H15NO2/c1-11-15(9-10-18)17-16(19-11)14-8-4-6-12-5-2-3-7-13(12)14/h2-8,18H,9-10H2,1H3. The Morgan fingerprint density at radius 2 is 1.89 bits per heavy atom. The van der Waals surface area contributed by atoms with Crippen LogP contribution in [0.1, 0.15) is 11.5 Å². The Morgan fingerprint density at radius 3 is 2.74 bits per heavy atom. The van der Waals surface area contributed by atoms with E-state index in [0.29, 0.717) is 12.3 Å². The fourth-order valence-electron chi connectivity index (χ4n) is 2.29. The highest BCUT2D eigenvalue weighted by Crippen LogP contribution is 2.29. The van der Waals surface area contributed by atoms with Crippen LogP contribution in [0.3, 0.4) is 0 Å². The number of aryl methyl sites for hydroxylation is 1. The van der Waals surface area contributed by atoms with Crippen molar-refractivity contribution < 1.29 is 9.52 Å². The number of aliphatic hydroxyl groups excluding tert-OH is 1. The molecule has 0 amide bonds. The first-order valence-electron chi connectivity index (χ1n) is 6.35. The lowest BCUT2D eigenvalue weighted by Crippen LogP contribution is -1.92. The summed E-state index contributed by atoms with van der Waals surface area (Å²) in [5.74, 6) is 1.40. The van der Waals surface area contributed by atoms with Gasteiger partial charge in [-0.1, -0.05) is 36.4 Å². The Hall–Kier alpha value is -2.13. The molecule has 0 unspecified atom stereocenters. The number of oxazole rings is 1. The third kappa shape index (κ3) is 2.13. The molecule has 0 aliphatic carbocycles. The highest BCUT2D eigenvalue weighted by atomic mass is 16.4. The molecule has 0 bridgehead atoms. The summed E-state index contributed by atoms with van der Waals surface area (Å²) in [4.78, 5) is 4.49. The van der Waals surface area contributed by atoms with Crippen LogP contribution in [-0.2, 0) is 6.42 Å². The second-order valence-corrected chi connectivity index (χ2v) is 4.52. The van der Waals surface area contributed by atoms with Gasteiger partial charge in [0.1, 0.15) is 5.76 Å². The highest BCUT2D eigenvalue weighted by molar-refractivity contribution is 5.94. The van der Waals surface area contributed by atoms with Crippen molar-refractivity contribution in [1.82, 2.24) is 4.98 Å². The van der Waals surface area contributed by atoms with Crippen LogP contribution >= 0.6 is 0 Å². The molecule has 0 aliphatic heterocycles. The van der Waals surface area contributed by atoms with Crippen molar-refractivity contribution >= 4 is 10.8 Å². The Balaban J connectivity index is 2.16. The van der Waals surface area contributed by atoms with Gasteiger partial charge in [0.2, 0.25) is 5.89 Å². The molecule has 0 saturated carbocycles. The Morgan fingerprint density at radius 1 is 1.11 bits per heavy atom. The SMILES string of the molecule is Cc1oc(-c2cccc3ccccc23)nc1CCO. The monoisotopic (exact) mass is 253 g/mol. The summed E-state index contributed by atoms with van der Waals surface area (Å²) in [5.41, 5.74) is 1.82. The molecule has 0 aliphatic rings. The molecule has 19 heavy (non-hydrogen) atoms. The quantitative estimate of drug-likeness (QED) is 0.778. The summed E-state index contributed by atoms with van der Waals surface area (Å²) in [7, 11) is 0. The van der Waals surface area contributed by atoms with Gasteiger partial charge in [0, 0.05) is 18.6 Å². The third-order valence-electron chi connectivity index (χ3n) is 3.26. The predicted molar refractivity (Wildman–Crippen MR) is 75.0 cm³/mol. The van der Waals surface area contributed by atoms with Crippen LogP contribution in [-0.4, -0.2) is 16.7 Å². The number of nitrogens with zero attached hydrogens (tertiary/aromatic N) is 1. The fourth-order valence-corrected chi connectivity index (χ4v) is 2.29. The number of rotatable bonds is 3. The van der Waals surface area contributed by atoms with Gasteiger partial charge < -0.3 is 9.52 Å². The van der Waals surface area contributed by atoms with Crippen molar-refractivity contribution in [3.05, 3.63) is 53.9 Å². The van der Waals surface area contributed by atoms with Crippen molar-refractivity contribution in [2.24, 2.45) is 0 Å². The van der Waals surface area contributed by atoms with E-state index < -0.39 is 0 Å². The maximum Gasteiger partial charge on any atom is 0.227 e. The van der Waals surface area contributed by atoms with E-state index in [1.807, 2.05) is 31.2 Å². The molecule has 0 fully saturated rings. The molecular formula is C16H15NO2. The van der Waals surface area contributed by atoms with Crippen molar-refractivity contribution in [2.45, 2.75) is 13.3 Å². The first-order valence-corrected chi connectivity index (χ1v) is 6.35. The smallest absolute Gasteiger partial charge is 0.227 e. The lowest BCUT2D eigenvalue weighted by Gasteiger charge is -2.02. The highest BCUT2D eigenvalue weighted by Gasteiger charge is 2.12. The summed E-state index contributed by atoms with van der Waals surface area (Å²) in [6.07, 6.45) is 0.528. The van der Waals surface area contributed by atoms with Crippen molar-refractivity contribution in [1.29, 1.82) is 0 Å². The van der Waals surface area contributed by atoms with Crippen LogP contribution in [0, 0.1) is 6.92 Å². The summed E-state index contributed by atoms with van der Waals surface area (Å²) in [5, 5.41) is 11.3. The summed E-state index contributed by atoms with van der Waals surface area (Å²) < 4.78 is 5.74. The second-order valence-electron chi connectivity index (χ2n) is 4.52. The van der Waals surface area contributed by atoms with Gasteiger partial charge in [0.15, 0.2) is 0 Å². The average Bonchev–Trinajstić information content (AvgIpc) is 2.80. The van der Waals surface area contributed by atoms with Crippen molar-refractivity contribution in [2.75, 3.05) is 6.61 Å². The largest absolute Gasteiger partial charge is 0.441 e. The zero-order valence-electron chi connectivity index (χ0n) is 10.8. The maximum atomic E-state index is 9.01. The minimum absolute atomic E-state index is 0.0857. The van der Waals surface area contributed by atoms with Crippen molar-refractivity contribution in [3.63, 3.8) is 0 Å². The molecular weight excluding hydrogens is 238 g/mol. The number of aliphatic hydroxyl groups is 1. The molecule has 0 saturated heterocycles. The van der Waals surface area contributed by atoms with E-state index >= 15 is 0 Å². The van der Waals surface area contributed by atoms with Crippen LogP contribution in [0.5, 0.6) is 0 Å². The molecule has 3 nitrogen and oxygen atoms in total. The van der Waals surface area contributed by atoms with E-state index in [-0.39, 0.29) is 6.61 Å². The maximum absolute atomic E-state index is 9.01. The van der Waals surface area contributed by atoms with E-state index in [1.165, 1.54) is 5.39 Å². The molecule has 2 aromatic carbocycles. The van der Waals surface area contributed by atoms with E-state index in [4.69, 9.17) is 9.52 Å². The molecule has 0 spiro atoms. The number of benzene rings is 2. The predicted octanol–water partition coefficient (Wildman–Crippen LogP) is 3.34. The minimum atomic E-state index is 0.0857. The summed E-state index contributed by atoms with van der Waals surface area (Å²) in [6, 6.07) is 14.3. The van der Waals surface area contributed by atoms with Gasteiger partial charge in [-0.15, -0.1) is 0 Å². The first-order chi connectivity index (χ1) is 9.29. The molecule has 1 aromatic heterocycles. The molecule has 0 atom stereocenters. The Kier molecular flexibility index (Phi) is 3.05. The van der Waals surface area contributed by atoms with Gasteiger partial charge in [-0.3, -0.25) is 0 Å². The van der Waals surface area contributed by atoms with Gasteiger partial charge in [-0.05, 0) is 23.8 Å². The lowest BCUT2D eigenvalue weighted by atomic mass is 10.0. The Labute approximate surface area is 111 Å². The second kappa shape index (κ2) is 4.86. The molecule has 0 radical (unpaired) electrons. The first kappa shape index (κ1) is 11.9. The van der Waals surface area contributed by atoms with E-state index in [2.05, 4.69) is 23.2 Å².